The van der Waals surface area contributed by atoms with E-state index in [0.29, 0.717) is 4.31 Å². The molecule has 0 bridgehead atoms. The highest BCUT2D eigenvalue weighted by molar-refractivity contribution is 7.92. The van der Waals surface area contributed by atoms with Crippen LogP contribution < -0.4 is 4.31 Å². The van der Waals surface area contributed by atoms with E-state index in [0.717, 1.165) is 42.5 Å². The smallest absolute Gasteiger partial charge is 0.324 e. The van der Waals surface area contributed by atoms with Crippen molar-refractivity contribution in [3.05, 3.63) is 63.4 Å². The van der Waals surface area contributed by atoms with Gasteiger partial charge in [-0.05, 0) is 30.3 Å². The topological polar surface area (TPSA) is 118 Å². The molecule has 0 heterocycles. The van der Waals surface area contributed by atoms with Crippen molar-refractivity contribution >= 4 is 39.0 Å². The minimum Gasteiger partial charge on any atom is -0.480 e. The number of carboxylic acid groups (broad SMARTS) is 1. The van der Waals surface area contributed by atoms with Crippen LogP contribution in [0.25, 0.3) is 0 Å². The third-order valence-electron chi connectivity index (χ3n) is 3.11. The van der Waals surface area contributed by atoms with Crippen LogP contribution in [0.15, 0.2) is 47.4 Å². The first kappa shape index (κ1) is 18.6. The first-order valence-corrected chi connectivity index (χ1v) is 8.39. The summed E-state index contributed by atoms with van der Waals surface area (Å²) in [6, 6.07) is 6.85. The molecule has 11 heteroatoms. The highest BCUT2D eigenvalue weighted by Crippen LogP contribution is 2.28. The van der Waals surface area contributed by atoms with Crippen molar-refractivity contribution in [2.24, 2.45) is 0 Å². The Morgan fingerprint density at radius 3 is 2.32 bits per heavy atom. The van der Waals surface area contributed by atoms with Crippen LogP contribution >= 0.6 is 11.6 Å². The van der Waals surface area contributed by atoms with Gasteiger partial charge < -0.3 is 5.11 Å². The minimum atomic E-state index is -4.37. The Hall–Kier alpha value is -2.72. The van der Waals surface area contributed by atoms with Crippen molar-refractivity contribution in [2.45, 2.75) is 4.90 Å². The van der Waals surface area contributed by atoms with Gasteiger partial charge in [0, 0.05) is 12.1 Å². The molecule has 1 N–H and O–H groups in total. The van der Waals surface area contributed by atoms with E-state index < -0.39 is 33.3 Å². The number of hydrogen-bond donors (Lipinski definition) is 1. The average molecular weight is 389 g/mol. The van der Waals surface area contributed by atoms with E-state index in [1.165, 1.54) is 0 Å². The molecule has 132 valence electrons. The molecule has 0 radical (unpaired) electrons. The zero-order valence-corrected chi connectivity index (χ0v) is 13.9. The molecule has 0 atom stereocenters. The molecule has 0 saturated heterocycles. The summed E-state index contributed by atoms with van der Waals surface area (Å²) in [6.07, 6.45) is 0. The number of carboxylic acids is 1. The van der Waals surface area contributed by atoms with Crippen LogP contribution in [0, 0.1) is 15.9 Å². The van der Waals surface area contributed by atoms with Gasteiger partial charge in [-0.25, -0.2) is 12.8 Å². The van der Waals surface area contributed by atoms with Gasteiger partial charge in [0.15, 0.2) is 0 Å². The molecule has 0 aliphatic carbocycles. The lowest BCUT2D eigenvalue weighted by Crippen LogP contribution is -2.35. The van der Waals surface area contributed by atoms with Gasteiger partial charge in [0.25, 0.3) is 15.7 Å². The number of carbonyl (C=O) groups is 1. The van der Waals surface area contributed by atoms with Crippen LogP contribution in [0.5, 0.6) is 0 Å². The predicted molar refractivity (Wildman–Crippen MR) is 86.7 cm³/mol. The van der Waals surface area contributed by atoms with Crippen molar-refractivity contribution in [1.82, 2.24) is 0 Å². The number of benzene rings is 2. The minimum absolute atomic E-state index is 0.160. The molecule has 0 unspecified atom stereocenters. The van der Waals surface area contributed by atoms with Gasteiger partial charge in [0.1, 0.15) is 12.4 Å². The normalized spacial score (nSPS) is 11.1. The summed E-state index contributed by atoms with van der Waals surface area (Å²) < 4.78 is 39.2. The summed E-state index contributed by atoms with van der Waals surface area (Å²) in [7, 11) is -4.37. The Kier molecular flexibility index (Phi) is 5.24. The number of hydrogen-bond acceptors (Lipinski definition) is 5. The maximum absolute atomic E-state index is 13.3. The Morgan fingerprint density at radius 1 is 1.24 bits per heavy atom. The van der Waals surface area contributed by atoms with Crippen LogP contribution in [-0.4, -0.2) is 31.0 Å². The Bertz CT molecular complexity index is 933. The number of nitro benzene ring substituents is 1. The number of nitrogens with zero attached hydrogens (tertiary/aromatic N) is 2. The molecule has 0 spiro atoms. The van der Waals surface area contributed by atoms with E-state index >= 15 is 0 Å². The summed E-state index contributed by atoms with van der Waals surface area (Å²) in [5.74, 6) is -2.25. The van der Waals surface area contributed by atoms with Crippen LogP contribution in [0.2, 0.25) is 5.02 Å². The van der Waals surface area contributed by atoms with E-state index in [-0.39, 0.29) is 21.3 Å². The average Bonchev–Trinajstić information content (AvgIpc) is 2.55. The number of sulfonamides is 1. The van der Waals surface area contributed by atoms with Gasteiger partial charge in [0.05, 0.1) is 20.5 Å². The molecular formula is C14H10ClFN2O6S. The van der Waals surface area contributed by atoms with E-state index in [4.69, 9.17) is 16.7 Å². The van der Waals surface area contributed by atoms with Crippen LogP contribution in [0.1, 0.15) is 0 Å². The largest absolute Gasteiger partial charge is 0.480 e. The van der Waals surface area contributed by atoms with Gasteiger partial charge in [0.2, 0.25) is 0 Å². The summed E-state index contributed by atoms with van der Waals surface area (Å²) >= 11 is 5.63. The van der Waals surface area contributed by atoms with Gasteiger partial charge >= 0.3 is 5.97 Å². The fraction of sp³-hybridized carbons (Fsp3) is 0.0714. The molecule has 25 heavy (non-hydrogen) atoms. The highest BCUT2D eigenvalue weighted by Gasteiger charge is 2.28. The van der Waals surface area contributed by atoms with E-state index in [2.05, 4.69) is 0 Å². The van der Waals surface area contributed by atoms with Crippen LogP contribution in [-0.2, 0) is 14.8 Å². The second kappa shape index (κ2) is 7.03. The third-order valence-corrected chi connectivity index (χ3v) is 5.18. The molecule has 0 saturated carbocycles. The number of anilines is 1. The molecule has 0 aliphatic rings. The Balaban J connectivity index is 2.53. The summed E-state index contributed by atoms with van der Waals surface area (Å²) in [6.45, 7) is -0.943. The maximum atomic E-state index is 13.3. The highest BCUT2D eigenvalue weighted by atomic mass is 35.5. The number of halogens is 2. The van der Waals surface area contributed by atoms with Crippen molar-refractivity contribution in [3.8, 4) is 0 Å². The zero-order valence-electron chi connectivity index (χ0n) is 12.3. The molecule has 2 aromatic rings. The Morgan fingerprint density at radius 2 is 1.84 bits per heavy atom. The quantitative estimate of drug-likeness (QED) is 0.600. The summed E-state index contributed by atoms with van der Waals surface area (Å²) in [5.41, 5.74) is -0.485. The number of nitro groups is 1. The molecule has 0 aliphatic heterocycles. The zero-order chi connectivity index (χ0) is 18.8. The van der Waals surface area contributed by atoms with Crippen molar-refractivity contribution in [2.75, 3.05) is 10.8 Å². The van der Waals surface area contributed by atoms with E-state index in [9.17, 15) is 27.7 Å². The number of aliphatic carboxylic acids is 1. The predicted octanol–water partition coefficient (Wildman–Crippen LogP) is 2.67. The van der Waals surface area contributed by atoms with Crippen molar-refractivity contribution in [1.29, 1.82) is 0 Å². The van der Waals surface area contributed by atoms with Crippen molar-refractivity contribution < 1.29 is 27.6 Å². The number of rotatable bonds is 6. The molecule has 2 aromatic carbocycles. The molecule has 2 rings (SSSR count). The first-order valence-electron chi connectivity index (χ1n) is 6.57. The number of non-ortho nitro benzene ring substituents is 1. The molecule has 8 nitrogen and oxygen atoms in total. The third kappa shape index (κ3) is 4.03. The van der Waals surface area contributed by atoms with Crippen molar-refractivity contribution in [3.63, 3.8) is 0 Å². The molecule has 0 fully saturated rings. The molecule has 0 amide bonds. The van der Waals surface area contributed by atoms with E-state index in [1.54, 1.807) is 0 Å². The maximum Gasteiger partial charge on any atom is 0.324 e. The lowest BCUT2D eigenvalue weighted by Gasteiger charge is -2.23. The standard InChI is InChI=1S/C14H10ClFN2O6S/c15-12-7-10(3-6-13(12)16)17(8-14(19)20)25(23,24)11-4-1-9(2-5-11)18(21)22/h1-7H,8H2,(H,19,20). The first-order chi connectivity index (χ1) is 11.6. The SMILES string of the molecule is O=C(O)CN(c1ccc(F)c(Cl)c1)S(=O)(=O)c1ccc([N+](=O)[O-])cc1. The lowest BCUT2D eigenvalue weighted by molar-refractivity contribution is -0.384. The lowest BCUT2D eigenvalue weighted by atomic mass is 10.3. The second-order valence-electron chi connectivity index (χ2n) is 4.75. The van der Waals surface area contributed by atoms with Crippen LogP contribution in [0.4, 0.5) is 15.8 Å². The van der Waals surface area contributed by atoms with E-state index in [1.807, 2.05) is 0 Å². The fourth-order valence-corrected chi connectivity index (χ4v) is 3.53. The van der Waals surface area contributed by atoms with Gasteiger partial charge in [-0.2, -0.15) is 0 Å². The van der Waals surface area contributed by atoms with Gasteiger partial charge in [-0.3, -0.25) is 19.2 Å². The van der Waals surface area contributed by atoms with Crippen LogP contribution in [0.3, 0.4) is 0 Å². The fourth-order valence-electron chi connectivity index (χ4n) is 1.95. The van der Waals surface area contributed by atoms with Gasteiger partial charge in [-0.1, -0.05) is 11.6 Å². The molecular weight excluding hydrogens is 379 g/mol. The summed E-state index contributed by atoms with van der Waals surface area (Å²) in [5, 5.41) is 19.3. The van der Waals surface area contributed by atoms with Gasteiger partial charge in [-0.15, -0.1) is 0 Å². The monoisotopic (exact) mass is 388 g/mol. The second-order valence-corrected chi connectivity index (χ2v) is 7.02. The Labute approximate surface area is 146 Å². The molecule has 0 aromatic heterocycles. The summed E-state index contributed by atoms with van der Waals surface area (Å²) in [4.78, 5) is 20.6.